The van der Waals surface area contributed by atoms with Crippen molar-refractivity contribution in [3.63, 3.8) is 0 Å². The first-order chi connectivity index (χ1) is 9.33. The van der Waals surface area contributed by atoms with E-state index in [9.17, 15) is 4.79 Å². The molecule has 1 aliphatic rings. The van der Waals surface area contributed by atoms with Gasteiger partial charge < -0.3 is 5.32 Å². The molecule has 1 N–H and O–H groups in total. The van der Waals surface area contributed by atoms with E-state index in [0.717, 1.165) is 24.8 Å². The first-order valence-electron chi connectivity index (χ1n) is 6.71. The summed E-state index contributed by atoms with van der Waals surface area (Å²) in [6.07, 6.45) is 3.82. The molecular formula is C16H17NOS. The van der Waals surface area contributed by atoms with Crippen LogP contribution in [0.5, 0.6) is 0 Å². The van der Waals surface area contributed by atoms with Gasteiger partial charge in [-0.15, -0.1) is 0 Å². The second kappa shape index (κ2) is 5.57. The average molecular weight is 271 g/mol. The molecule has 0 saturated carbocycles. The van der Waals surface area contributed by atoms with Gasteiger partial charge in [0.15, 0.2) is 0 Å². The number of fused-ring (bicyclic) bond motifs is 1. The van der Waals surface area contributed by atoms with Crippen LogP contribution in [0.3, 0.4) is 0 Å². The van der Waals surface area contributed by atoms with E-state index in [1.165, 1.54) is 11.1 Å². The van der Waals surface area contributed by atoms with Crippen LogP contribution in [0.2, 0.25) is 0 Å². The zero-order chi connectivity index (χ0) is 13.1. The Hall–Kier alpha value is -1.61. The van der Waals surface area contributed by atoms with E-state index in [1.807, 2.05) is 16.8 Å². The lowest BCUT2D eigenvalue weighted by Gasteiger charge is -2.26. The molecular weight excluding hydrogens is 254 g/mol. The Kier molecular flexibility index (Phi) is 3.65. The summed E-state index contributed by atoms with van der Waals surface area (Å²) >= 11 is 1.64. The molecule has 0 aliphatic heterocycles. The van der Waals surface area contributed by atoms with Crippen molar-refractivity contribution in [2.24, 2.45) is 0 Å². The third-order valence-corrected chi connectivity index (χ3v) is 4.38. The Labute approximate surface area is 117 Å². The summed E-state index contributed by atoms with van der Waals surface area (Å²) in [6, 6.07) is 10.7. The first-order valence-corrected chi connectivity index (χ1v) is 7.65. The highest BCUT2D eigenvalue weighted by molar-refractivity contribution is 7.07. The normalized spacial score (nSPS) is 17.8. The summed E-state index contributed by atoms with van der Waals surface area (Å²) in [5, 5.41) is 7.23. The Bertz CT molecular complexity index is 562. The summed E-state index contributed by atoms with van der Waals surface area (Å²) in [5.41, 5.74) is 3.79. The van der Waals surface area contributed by atoms with Crippen molar-refractivity contribution in [2.45, 2.75) is 31.7 Å². The summed E-state index contributed by atoms with van der Waals surface area (Å²) in [6.45, 7) is 0. The molecule has 0 radical (unpaired) electrons. The number of amides is 1. The van der Waals surface area contributed by atoms with Crippen molar-refractivity contribution >= 4 is 17.2 Å². The van der Waals surface area contributed by atoms with Gasteiger partial charge in [0.1, 0.15) is 0 Å². The molecule has 0 fully saturated rings. The van der Waals surface area contributed by atoms with Crippen LogP contribution >= 0.6 is 11.3 Å². The van der Waals surface area contributed by atoms with Crippen LogP contribution in [-0.4, -0.2) is 5.91 Å². The number of hydrogen-bond acceptors (Lipinski definition) is 2. The SMILES string of the molecule is O=C(Cc1ccsc1)NC1CCCc2ccccc21. The van der Waals surface area contributed by atoms with Gasteiger partial charge >= 0.3 is 0 Å². The lowest BCUT2D eigenvalue weighted by Crippen LogP contribution is -2.31. The predicted octanol–water partition coefficient (Wildman–Crippen LogP) is 3.48. The molecule has 19 heavy (non-hydrogen) atoms. The predicted molar refractivity (Wildman–Crippen MR) is 78.3 cm³/mol. The number of aryl methyl sites for hydroxylation is 1. The summed E-state index contributed by atoms with van der Waals surface area (Å²) in [5.74, 6) is 0.125. The lowest BCUT2D eigenvalue weighted by molar-refractivity contribution is -0.121. The van der Waals surface area contributed by atoms with Gasteiger partial charge in [0.05, 0.1) is 12.5 Å². The lowest BCUT2D eigenvalue weighted by atomic mass is 9.87. The van der Waals surface area contributed by atoms with Crippen molar-refractivity contribution in [3.05, 3.63) is 57.8 Å². The molecule has 0 spiro atoms. The van der Waals surface area contributed by atoms with E-state index in [4.69, 9.17) is 0 Å². The molecule has 1 unspecified atom stereocenters. The average Bonchev–Trinajstić information content (AvgIpc) is 2.92. The van der Waals surface area contributed by atoms with Crippen LogP contribution in [0.1, 0.15) is 35.6 Å². The highest BCUT2D eigenvalue weighted by Crippen LogP contribution is 2.29. The van der Waals surface area contributed by atoms with E-state index in [-0.39, 0.29) is 11.9 Å². The second-order valence-corrected chi connectivity index (χ2v) is 5.80. The van der Waals surface area contributed by atoms with Crippen LogP contribution < -0.4 is 5.32 Å². The van der Waals surface area contributed by atoms with Gasteiger partial charge in [-0.05, 0) is 52.8 Å². The van der Waals surface area contributed by atoms with Gasteiger partial charge in [-0.1, -0.05) is 24.3 Å². The van der Waals surface area contributed by atoms with Gasteiger partial charge in [0.25, 0.3) is 0 Å². The van der Waals surface area contributed by atoms with Gasteiger partial charge in [-0.3, -0.25) is 4.79 Å². The maximum Gasteiger partial charge on any atom is 0.224 e. The molecule has 1 aromatic carbocycles. The molecule has 2 aromatic rings. The standard InChI is InChI=1S/C16H17NOS/c18-16(10-12-8-9-19-11-12)17-15-7-3-5-13-4-1-2-6-14(13)15/h1-2,4,6,8-9,11,15H,3,5,7,10H2,(H,17,18). The monoisotopic (exact) mass is 271 g/mol. The van der Waals surface area contributed by atoms with Crippen molar-refractivity contribution in [1.82, 2.24) is 5.32 Å². The molecule has 1 aliphatic carbocycles. The van der Waals surface area contributed by atoms with Crippen LogP contribution in [0.15, 0.2) is 41.1 Å². The largest absolute Gasteiger partial charge is 0.349 e. The Balaban J connectivity index is 1.69. The Morgan fingerprint density at radius 1 is 1.32 bits per heavy atom. The number of rotatable bonds is 3. The Morgan fingerprint density at radius 2 is 2.21 bits per heavy atom. The molecule has 1 atom stereocenters. The van der Waals surface area contributed by atoms with Gasteiger partial charge in [-0.2, -0.15) is 11.3 Å². The zero-order valence-electron chi connectivity index (χ0n) is 10.8. The maximum absolute atomic E-state index is 12.1. The molecule has 1 aromatic heterocycles. The highest BCUT2D eigenvalue weighted by atomic mass is 32.1. The van der Waals surface area contributed by atoms with Crippen molar-refractivity contribution < 1.29 is 4.79 Å². The smallest absolute Gasteiger partial charge is 0.224 e. The molecule has 1 heterocycles. The minimum Gasteiger partial charge on any atom is -0.349 e. The third-order valence-electron chi connectivity index (χ3n) is 3.65. The van der Waals surface area contributed by atoms with Crippen molar-refractivity contribution in [3.8, 4) is 0 Å². The second-order valence-electron chi connectivity index (χ2n) is 5.02. The van der Waals surface area contributed by atoms with Crippen molar-refractivity contribution in [1.29, 1.82) is 0 Å². The fourth-order valence-corrected chi connectivity index (χ4v) is 3.40. The molecule has 1 amide bonds. The van der Waals surface area contributed by atoms with Gasteiger partial charge in [0.2, 0.25) is 5.91 Å². The highest BCUT2D eigenvalue weighted by Gasteiger charge is 2.21. The van der Waals surface area contributed by atoms with Crippen molar-refractivity contribution in [2.75, 3.05) is 0 Å². The minimum absolute atomic E-state index is 0.125. The van der Waals surface area contributed by atoms with E-state index in [2.05, 4.69) is 29.6 Å². The van der Waals surface area contributed by atoms with Crippen LogP contribution in [0, 0.1) is 0 Å². The topological polar surface area (TPSA) is 29.1 Å². The fraction of sp³-hybridized carbons (Fsp3) is 0.312. The maximum atomic E-state index is 12.1. The van der Waals surface area contributed by atoms with Crippen LogP contribution in [0.4, 0.5) is 0 Å². The number of thiophene rings is 1. The van der Waals surface area contributed by atoms with Crippen LogP contribution in [0.25, 0.3) is 0 Å². The number of carbonyl (C=O) groups is 1. The first kappa shape index (κ1) is 12.4. The van der Waals surface area contributed by atoms with E-state index < -0.39 is 0 Å². The summed E-state index contributed by atoms with van der Waals surface area (Å²) < 4.78 is 0. The minimum atomic E-state index is 0.125. The van der Waals surface area contributed by atoms with E-state index in [1.54, 1.807) is 11.3 Å². The van der Waals surface area contributed by atoms with E-state index >= 15 is 0 Å². The molecule has 0 saturated heterocycles. The fourth-order valence-electron chi connectivity index (χ4n) is 2.73. The number of benzene rings is 1. The summed E-state index contributed by atoms with van der Waals surface area (Å²) in [7, 11) is 0. The quantitative estimate of drug-likeness (QED) is 0.909. The molecule has 3 heteroatoms. The summed E-state index contributed by atoms with van der Waals surface area (Å²) in [4.78, 5) is 12.1. The van der Waals surface area contributed by atoms with Gasteiger partial charge in [0, 0.05) is 0 Å². The van der Waals surface area contributed by atoms with Crippen LogP contribution in [-0.2, 0) is 17.6 Å². The molecule has 3 rings (SSSR count). The van der Waals surface area contributed by atoms with E-state index in [0.29, 0.717) is 6.42 Å². The molecule has 2 nitrogen and oxygen atoms in total. The number of hydrogen-bond donors (Lipinski definition) is 1. The zero-order valence-corrected chi connectivity index (χ0v) is 11.6. The van der Waals surface area contributed by atoms with Gasteiger partial charge in [-0.25, -0.2) is 0 Å². The third kappa shape index (κ3) is 2.87. The molecule has 98 valence electrons. The Morgan fingerprint density at radius 3 is 3.05 bits per heavy atom. The molecule has 0 bridgehead atoms. The number of carbonyl (C=O) groups excluding carboxylic acids is 1. The number of nitrogens with one attached hydrogen (secondary N) is 1.